The zero-order valence-electron chi connectivity index (χ0n) is 16.4. The molecule has 1 aliphatic carbocycles. The number of amides is 1. The van der Waals surface area contributed by atoms with E-state index in [0.717, 1.165) is 18.4 Å². The fourth-order valence-electron chi connectivity index (χ4n) is 3.59. The van der Waals surface area contributed by atoms with Crippen LogP contribution in [-0.4, -0.2) is 29.3 Å². The van der Waals surface area contributed by atoms with Crippen molar-refractivity contribution in [2.45, 2.75) is 25.3 Å². The summed E-state index contributed by atoms with van der Waals surface area (Å²) in [5, 5.41) is 6.66. The predicted molar refractivity (Wildman–Crippen MR) is 105 cm³/mol. The van der Waals surface area contributed by atoms with Crippen LogP contribution in [0.4, 0.5) is 8.78 Å². The lowest BCUT2D eigenvalue weighted by molar-refractivity contribution is 0.0931. The zero-order chi connectivity index (χ0) is 21.4. The van der Waals surface area contributed by atoms with Gasteiger partial charge in [-0.25, -0.2) is 0 Å². The molecule has 1 N–H and O–H groups in total. The van der Waals surface area contributed by atoms with Crippen LogP contribution in [0.1, 0.15) is 47.1 Å². The van der Waals surface area contributed by atoms with Crippen LogP contribution in [-0.2, 0) is 0 Å². The number of benzene rings is 2. The van der Waals surface area contributed by atoms with Gasteiger partial charge in [-0.3, -0.25) is 4.79 Å². The number of nitrogens with one attached hydrogen (secondary N) is 1. The van der Waals surface area contributed by atoms with Crippen molar-refractivity contribution in [3.05, 3.63) is 59.5 Å². The second-order valence-corrected chi connectivity index (χ2v) is 7.53. The minimum absolute atomic E-state index is 0.0504. The molecule has 0 saturated heterocycles. The number of carbonyl (C=O) groups excluding carboxylic acids is 1. The summed E-state index contributed by atoms with van der Waals surface area (Å²) in [6.07, 6.45) is -0.739. The molecule has 0 spiro atoms. The molecule has 1 aliphatic heterocycles. The molecular weight excluding hydrogens is 408 g/mol. The van der Waals surface area contributed by atoms with Crippen LogP contribution in [0.15, 0.2) is 47.0 Å². The van der Waals surface area contributed by atoms with Crippen LogP contribution in [0.25, 0.3) is 11.4 Å². The second-order valence-electron chi connectivity index (χ2n) is 7.53. The highest BCUT2D eigenvalue weighted by Crippen LogP contribution is 2.43. The van der Waals surface area contributed by atoms with Gasteiger partial charge in [-0.15, -0.1) is 0 Å². The van der Waals surface area contributed by atoms with E-state index in [0.29, 0.717) is 41.8 Å². The molecule has 0 bridgehead atoms. The van der Waals surface area contributed by atoms with Crippen molar-refractivity contribution in [1.82, 2.24) is 15.5 Å². The maximum absolute atomic E-state index is 12.9. The number of fused-ring (bicyclic) bond motifs is 1. The summed E-state index contributed by atoms with van der Waals surface area (Å²) in [5.41, 5.74) is 1.91. The molecule has 1 amide bonds. The molecule has 0 radical (unpaired) electrons. The average Bonchev–Trinajstić information content (AvgIpc) is 3.51. The van der Waals surface area contributed by atoms with Crippen LogP contribution >= 0.6 is 0 Å². The Hall–Kier alpha value is -3.49. The molecule has 1 aromatic heterocycles. The standard InChI is InChI=1S/C22H19F2N3O4/c23-19(24)22-26-20(27-31-22)13-3-5-14(6-4-13)21(28)25-18(12-1-2-12)15-7-8-16-17(11-15)30-10-9-29-16/h3-8,11-12,18-19H,1-2,9-10H2,(H,25,28)/t18-/m1/s1. The Kier molecular flexibility index (Phi) is 5.01. The maximum Gasteiger partial charge on any atom is 0.315 e. The second kappa shape index (κ2) is 7.98. The van der Waals surface area contributed by atoms with E-state index in [1.54, 1.807) is 24.3 Å². The van der Waals surface area contributed by atoms with Crippen molar-refractivity contribution in [3.8, 4) is 22.9 Å². The number of carbonyl (C=O) groups is 1. The van der Waals surface area contributed by atoms with E-state index in [4.69, 9.17) is 9.47 Å². The Labute approximate surface area is 176 Å². The van der Waals surface area contributed by atoms with Crippen molar-refractivity contribution in [1.29, 1.82) is 0 Å². The van der Waals surface area contributed by atoms with Gasteiger partial charge in [0.05, 0.1) is 6.04 Å². The van der Waals surface area contributed by atoms with Crippen molar-refractivity contribution in [3.63, 3.8) is 0 Å². The number of hydrogen-bond donors (Lipinski definition) is 1. The van der Waals surface area contributed by atoms with Gasteiger partial charge in [-0.2, -0.15) is 13.8 Å². The predicted octanol–water partition coefficient (Wildman–Crippen LogP) is 4.33. The van der Waals surface area contributed by atoms with Gasteiger partial charge >= 0.3 is 6.43 Å². The number of ether oxygens (including phenoxy) is 2. The lowest BCUT2D eigenvalue weighted by atomic mass is 10.0. The number of alkyl halides is 2. The first-order valence-corrected chi connectivity index (χ1v) is 10.0. The third kappa shape index (κ3) is 4.08. The summed E-state index contributed by atoms with van der Waals surface area (Å²) in [6, 6.07) is 12.0. The highest BCUT2D eigenvalue weighted by molar-refractivity contribution is 5.94. The third-order valence-corrected chi connectivity index (χ3v) is 5.34. The molecular formula is C22H19F2N3O4. The van der Waals surface area contributed by atoms with Crippen LogP contribution in [0.5, 0.6) is 11.5 Å². The summed E-state index contributed by atoms with van der Waals surface area (Å²) in [4.78, 5) is 16.5. The third-order valence-electron chi connectivity index (χ3n) is 5.34. The molecule has 160 valence electrons. The zero-order valence-corrected chi connectivity index (χ0v) is 16.4. The topological polar surface area (TPSA) is 86.5 Å². The monoisotopic (exact) mass is 427 g/mol. The summed E-state index contributed by atoms with van der Waals surface area (Å²) < 4.78 is 41.0. The largest absolute Gasteiger partial charge is 0.486 e. The molecule has 0 unspecified atom stereocenters. The van der Waals surface area contributed by atoms with Gasteiger partial charge < -0.3 is 19.3 Å². The van der Waals surface area contributed by atoms with Gasteiger partial charge in [-0.05, 0) is 48.6 Å². The van der Waals surface area contributed by atoms with Crippen LogP contribution < -0.4 is 14.8 Å². The van der Waals surface area contributed by atoms with E-state index in [1.807, 2.05) is 18.2 Å². The van der Waals surface area contributed by atoms with Crippen LogP contribution in [0.2, 0.25) is 0 Å². The van der Waals surface area contributed by atoms with Gasteiger partial charge in [0.25, 0.3) is 11.8 Å². The van der Waals surface area contributed by atoms with E-state index in [1.165, 1.54) is 0 Å². The summed E-state index contributed by atoms with van der Waals surface area (Å²) >= 11 is 0. The minimum atomic E-state index is -2.83. The molecule has 2 heterocycles. The van der Waals surface area contributed by atoms with E-state index >= 15 is 0 Å². The highest BCUT2D eigenvalue weighted by atomic mass is 19.3. The van der Waals surface area contributed by atoms with Crippen molar-refractivity contribution < 1.29 is 27.6 Å². The summed E-state index contributed by atoms with van der Waals surface area (Å²) in [6.45, 7) is 1.03. The number of halogens is 2. The molecule has 1 atom stereocenters. The summed E-state index contributed by atoms with van der Waals surface area (Å²) in [5.74, 6) is 0.870. The number of aromatic nitrogens is 2. The first-order valence-electron chi connectivity index (χ1n) is 10.0. The van der Waals surface area contributed by atoms with Gasteiger partial charge in [-0.1, -0.05) is 23.4 Å². The Morgan fingerprint density at radius 3 is 2.45 bits per heavy atom. The van der Waals surface area contributed by atoms with Crippen molar-refractivity contribution in [2.75, 3.05) is 13.2 Å². The first kappa shape index (κ1) is 19.5. The SMILES string of the molecule is O=C(N[C@@H](c1ccc2c(c1)OCCO2)C1CC1)c1ccc(-c2noc(C(F)F)n2)cc1. The Bertz CT molecular complexity index is 1100. The molecule has 5 rings (SSSR count). The average molecular weight is 427 g/mol. The Morgan fingerprint density at radius 2 is 1.77 bits per heavy atom. The lowest BCUT2D eigenvalue weighted by Gasteiger charge is -2.23. The molecule has 1 fully saturated rings. The van der Waals surface area contributed by atoms with E-state index in [9.17, 15) is 13.6 Å². The molecule has 2 aromatic carbocycles. The smallest absolute Gasteiger partial charge is 0.315 e. The molecule has 7 nitrogen and oxygen atoms in total. The van der Waals surface area contributed by atoms with Crippen molar-refractivity contribution >= 4 is 5.91 Å². The van der Waals surface area contributed by atoms with Gasteiger partial charge in [0.15, 0.2) is 11.5 Å². The molecule has 31 heavy (non-hydrogen) atoms. The first-order chi connectivity index (χ1) is 15.1. The Balaban J connectivity index is 1.32. The fourth-order valence-corrected chi connectivity index (χ4v) is 3.59. The number of rotatable bonds is 6. The van der Waals surface area contributed by atoms with Crippen LogP contribution in [0.3, 0.4) is 0 Å². The van der Waals surface area contributed by atoms with E-state index in [2.05, 4.69) is 20.0 Å². The molecule has 2 aliphatic rings. The number of nitrogens with zero attached hydrogens (tertiary/aromatic N) is 2. The highest BCUT2D eigenvalue weighted by Gasteiger charge is 2.34. The van der Waals surface area contributed by atoms with Gasteiger partial charge in [0.1, 0.15) is 13.2 Å². The van der Waals surface area contributed by atoms with E-state index < -0.39 is 12.3 Å². The van der Waals surface area contributed by atoms with Gasteiger partial charge in [0.2, 0.25) is 5.82 Å². The number of hydrogen-bond acceptors (Lipinski definition) is 6. The minimum Gasteiger partial charge on any atom is -0.486 e. The molecule has 9 heteroatoms. The quantitative estimate of drug-likeness (QED) is 0.630. The summed E-state index contributed by atoms with van der Waals surface area (Å²) in [7, 11) is 0. The van der Waals surface area contributed by atoms with Crippen molar-refractivity contribution in [2.24, 2.45) is 5.92 Å². The lowest BCUT2D eigenvalue weighted by Crippen LogP contribution is -2.30. The normalized spacial score (nSPS) is 16.2. The Morgan fingerprint density at radius 1 is 1.03 bits per heavy atom. The molecule has 1 saturated carbocycles. The fraction of sp³-hybridized carbons (Fsp3) is 0.318. The van der Waals surface area contributed by atoms with E-state index in [-0.39, 0.29) is 17.8 Å². The van der Waals surface area contributed by atoms with Gasteiger partial charge in [0, 0.05) is 11.1 Å². The molecule has 3 aromatic rings. The maximum atomic E-state index is 12.9. The van der Waals surface area contributed by atoms with Crippen LogP contribution in [0, 0.1) is 5.92 Å².